The highest BCUT2D eigenvalue weighted by molar-refractivity contribution is 5.95. The maximum atomic E-state index is 12.0. The van der Waals surface area contributed by atoms with Gasteiger partial charge in [-0.25, -0.2) is 4.79 Å². The Morgan fingerprint density at radius 1 is 0.953 bits per heavy atom. The molecule has 216 valence electrons. The zero-order chi connectivity index (χ0) is 29.8. The second-order valence-electron chi connectivity index (χ2n) is 10.7. The number of esters is 1. The third-order valence-corrected chi connectivity index (χ3v) is 8.21. The maximum absolute atomic E-state index is 12.0. The molecule has 0 aromatic heterocycles. The summed E-state index contributed by atoms with van der Waals surface area (Å²) in [6, 6.07) is 18.6. The molecular formula is C38H34O5. The molecule has 3 unspecified atom stereocenters. The van der Waals surface area contributed by atoms with Crippen LogP contribution in [0.4, 0.5) is 0 Å². The minimum atomic E-state index is -0.695. The lowest BCUT2D eigenvalue weighted by Crippen LogP contribution is -2.40. The first-order valence-corrected chi connectivity index (χ1v) is 14.6. The molecule has 2 aliphatic carbocycles. The van der Waals surface area contributed by atoms with Crippen LogP contribution < -0.4 is 9.47 Å². The van der Waals surface area contributed by atoms with Gasteiger partial charge in [0.2, 0.25) is 0 Å². The lowest BCUT2D eigenvalue weighted by Gasteiger charge is -2.41. The van der Waals surface area contributed by atoms with Gasteiger partial charge in [0.15, 0.2) is 5.60 Å². The van der Waals surface area contributed by atoms with Crippen LogP contribution in [-0.4, -0.2) is 26.8 Å². The molecule has 0 spiro atoms. The quantitative estimate of drug-likeness (QED) is 0.225. The largest absolute Gasteiger partial charge is 0.497 e. The molecule has 0 saturated heterocycles. The number of fused-ring (bicyclic) bond motifs is 3. The standard InChI is InChI=1S/C38H34O5/c1-4-42-37(39)29-11-7-26(8-12-29)5-6-27-9-10-28-13-22-36-34(35(28)25-27)23-24-38(43-36,30-14-18-32(40-2)19-15-30)31-16-20-33(41-3)21-17-31/h7,9-16,18-26,31H,4,8,17H2,1-3H3. The predicted octanol–water partition coefficient (Wildman–Crippen LogP) is 7.67. The van der Waals surface area contributed by atoms with Crippen LogP contribution in [0.5, 0.6) is 11.5 Å². The van der Waals surface area contributed by atoms with Gasteiger partial charge in [0.1, 0.15) is 17.3 Å². The highest BCUT2D eigenvalue weighted by Crippen LogP contribution is 2.47. The van der Waals surface area contributed by atoms with Crippen molar-refractivity contribution in [2.75, 3.05) is 20.8 Å². The Morgan fingerprint density at radius 2 is 1.79 bits per heavy atom. The molecule has 3 aromatic carbocycles. The molecule has 5 heteroatoms. The lowest BCUT2D eigenvalue weighted by molar-refractivity contribution is -0.138. The molecule has 1 heterocycles. The van der Waals surface area contributed by atoms with Gasteiger partial charge in [-0.2, -0.15) is 0 Å². The van der Waals surface area contributed by atoms with E-state index in [0.29, 0.717) is 18.6 Å². The first kappa shape index (κ1) is 28.2. The van der Waals surface area contributed by atoms with Crippen LogP contribution in [0, 0.1) is 23.7 Å². The number of carbonyl (C=O) groups excluding carboxylic acids is 1. The third-order valence-electron chi connectivity index (χ3n) is 8.21. The summed E-state index contributed by atoms with van der Waals surface area (Å²) in [5.74, 6) is 9.02. The third kappa shape index (κ3) is 5.61. The van der Waals surface area contributed by atoms with E-state index in [2.05, 4.69) is 78.6 Å². The van der Waals surface area contributed by atoms with Crippen molar-refractivity contribution in [3.63, 3.8) is 0 Å². The highest BCUT2D eigenvalue weighted by Gasteiger charge is 2.42. The summed E-state index contributed by atoms with van der Waals surface area (Å²) in [7, 11) is 3.37. The van der Waals surface area contributed by atoms with Crippen molar-refractivity contribution >= 4 is 22.8 Å². The number of benzene rings is 3. The number of carbonyl (C=O) groups is 1. The summed E-state index contributed by atoms with van der Waals surface area (Å²) in [5, 5.41) is 2.22. The molecule has 3 aromatic rings. The van der Waals surface area contributed by atoms with Crippen LogP contribution in [0.3, 0.4) is 0 Å². The van der Waals surface area contributed by atoms with E-state index in [0.717, 1.165) is 51.1 Å². The molecule has 0 saturated carbocycles. The zero-order valence-electron chi connectivity index (χ0n) is 24.6. The minimum Gasteiger partial charge on any atom is -0.497 e. The van der Waals surface area contributed by atoms with Gasteiger partial charge in [-0.05, 0) is 79.1 Å². The van der Waals surface area contributed by atoms with Crippen LogP contribution >= 0.6 is 0 Å². The summed E-state index contributed by atoms with van der Waals surface area (Å²) in [6.07, 6.45) is 17.8. The summed E-state index contributed by atoms with van der Waals surface area (Å²) in [6.45, 7) is 2.17. The Hall–Kier alpha value is -4.95. The van der Waals surface area contributed by atoms with E-state index >= 15 is 0 Å². The van der Waals surface area contributed by atoms with Crippen molar-refractivity contribution in [2.24, 2.45) is 11.8 Å². The molecule has 0 N–H and O–H groups in total. The van der Waals surface area contributed by atoms with E-state index in [9.17, 15) is 4.79 Å². The SMILES string of the molecule is CCOC(=O)C1=CCC(C#Cc2ccc3ccc4c(c3c2)C=CC(c2ccc(OC)cc2)(C2C=CC(OC)=CC2)O4)C=C1. The smallest absolute Gasteiger partial charge is 0.337 e. The van der Waals surface area contributed by atoms with Crippen molar-refractivity contribution in [1.29, 1.82) is 0 Å². The molecule has 1 aliphatic heterocycles. The lowest BCUT2D eigenvalue weighted by atomic mass is 9.75. The van der Waals surface area contributed by atoms with E-state index in [1.807, 2.05) is 43.4 Å². The molecule has 43 heavy (non-hydrogen) atoms. The van der Waals surface area contributed by atoms with Gasteiger partial charge in [-0.15, -0.1) is 0 Å². The summed E-state index contributed by atoms with van der Waals surface area (Å²) in [4.78, 5) is 12.0. The molecule has 0 bridgehead atoms. The number of hydrogen-bond acceptors (Lipinski definition) is 5. The summed E-state index contributed by atoms with van der Waals surface area (Å²) < 4.78 is 23.0. The number of ether oxygens (including phenoxy) is 4. The molecule has 0 radical (unpaired) electrons. The second-order valence-corrected chi connectivity index (χ2v) is 10.7. The van der Waals surface area contributed by atoms with Gasteiger partial charge in [0.05, 0.1) is 26.4 Å². The molecule has 5 nitrogen and oxygen atoms in total. The summed E-state index contributed by atoms with van der Waals surface area (Å²) >= 11 is 0. The van der Waals surface area contributed by atoms with E-state index in [1.165, 1.54) is 0 Å². The van der Waals surface area contributed by atoms with Crippen molar-refractivity contribution in [3.8, 4) is 23.3 Å². The number of methoxy groups -OCH3 is 2. The van der Waals surface area contributed by atoms with Gasteiger partial charge in [0, 0.05) is 28.5 Å². The molecule has 0 amide bonds. The number of hydrogen-bond donors (Lipinski definition) is 0. The van der Waals surface area contributed by atoms with Crippen LogP contribution in [0.25, 0.3) is 16.8 Å². The van der Waals surface area contributed by atoms with Gasteiger partial charge >= 0.3 is 5.97 Å². The molecule has 3 atom stereocenters. The van der Waals surface area contributed by atoms with Crippen molar-refractivity contribution in [3.05, 3.63) is 125 Å². The van der Waals surface area contributed by atoms with E-state index < -0.39 is 5.60 Å². The van der Waals surface area contributed by atoms with Crippen molar-refractivity contribution in [2.45, 2.75) is 25.4 Å². The van der Waals surface area contributed by atoms with Crippen molar-refractivity contribution in [1.82, 2.24) is 0 Å². The average molecular weight is 571 g/mol. The van der Waals surface area contributed by atoms with E-state index in [4.69, 9.17) is 18.9 Å². The summed E-state index contributed by atoms with van der Waals surface area (Å²) in [5.41, 5.74) is 2.92. The first-order chi connectivity index (χ1) is 21.0. The van der Waals surface area contributed by atoms with E-state index in [-0.39, 0.29) is 17.8 Å². The normalized spacial score (nSPS) is 21.9. The van der Waals surface area contributed by atoms with Gasteiger partial charge in [-0.3, -0.25) is 0 Å². The van der Waals surface area contributed by atoms with Crippen molar-refractivity contribution < 1.29 is 23.7 Å². The fraction of sp³-hybridized carbons (Fsp3) is 0.237. The van der Waals surface area contributed by atoms with E-state index in [1.54, 1.807) is 14.2 Å². The fourth-order valence-electron chi connectivity index (χ4n) is 5.84. The average Bonchev–Trinajstić information content (AvgIpc) is 3.07. The van der Waals surface area contributed by atoms with Crippen LogP contribution in [0.1, 0.15) is 36.5 Å². The second kappa shape index (κ2) is 12.1. The van der Waals surface area contributed by atoms with Crippen LogP contribution in [0.2, 0.25) is 0 Å². The maximum Gasteiger partial charge on any atom is 0.337 e. The monoisotopic (exact) mass is 570 g/mol. The van der Waals surface area contributed by atoms with Gasteiger partial charge in [-0.1, -0.05) is 66.5 Å². The Morgan fingerprint density at radius 3 is 2.49 bits per heavy atom. The Bertz CT molecular complexity index is 1760. The molecule has 6 rings (SSSR count). The first-order valence-electron chi connectivity index (χ1n) is 14.6. The minimum absolute atomic E-state index is 0.0446. The zero-order valence-corrected chi connectivity index (χ0v) is 24.6. The highest BCUT2D eigenvalue weighted by atomic mass is 16.5. The molecule has 0 fully saturated rings. The Balaban J connectivity index is 1.31. The topological polar surface area (TPSA) is 54.0 Å². The predicted molar refractivity (Wildman–Crippen MR) is 169 cm³/mol. The molecule has 3 aliphatic rings. The van der Waals surface area contributed by atoms with Crippen LogP contribution in [0.15, 0.2) is 108 Å². The van der Waals surface area contributed by atoms with Gasteiger partial charge < -0.3 is 18.9 Å². The number of allylic oxidation sites excluding steroid dienone is 4. The molecular weight excluding hydrogens is 536 g/mol. The fourth-order valence-corrected chi connectivity index (χ4v) is 5.84. The number of rotatable bonds is 6. The van der Waals surface area contributed by atoms with Crippen LogP contribution in [-0.2, 0) is 19.9 Å². The Kier molecular flexibility index (Phi) is 7.94. The van der Waals surface area contributed by atoms with Gasteiger partial charge in [0.25, 0.3) is 0 Å². The Labute approximate surface area is 252 Å².